The maximum Gasteiger partial charge on any atom is 0.360 e. The molecule has 1 aromatic heterocycles. The second kappa shape index (κ2) is 5.48. The van der Waals surface area contributed by atoms with Gasteiger partial charge in [-0.3, -0.25) is 0 Å². The van der Waals surface area contributed by atoms with Gasteiger partial charge in [-0.05, 0) is 26.7 Å². The third-order valence-electron chi connectivity index (χ3n) is 2.99. The largest absolute Gasteiger partial charge is 0.461 e. The summed E-state index contributed by atoms with van der Waals surface area (Å²) in [7, 11) is 1.65. The van der Waals surface area contributed by atoms with E-state index in [1.54, 1.807) is 18.7 Å². The molecule has 0 spiro atoms. The standard InChI is InChI=1S/C12H19N3O3/c1-4-18-12(16)10-11(9-5-6-9)15(14-13-10)8(2)7-17-3/h8-9H,4-7H2,1-3H3. The molecule has 0 bridgehead atoms. The topological polar surface area (TPSA) is 66.2 Å². The van der Waals surface area contributed by atoms with Gasteiger partial charge in [-0.15, -0.1) is 5.10 Å². The van der Waals surface area contributed by atoms with Gasteiger partial charge >= 0.3 is 5.97 Å². The summed E-state index contributed by atoms with van der Waals surface area (Å²) in [5.41, 5.74) is 1.26. The van der Waals surface area contributed by atoms with Crippen LogP contribution in [0.3, 0.4) is 0 Å². The number of hydrogen-bond donors (Lipinski definition) is 0. The Bertz CT molecular complexity index is 426. The zero-order valence-electron chi connectivity index (χ0n) is 11.0. The van der Waals surface area contributed by atoms with Gasteiger partial charge in [0.25, 0.3) is 0 Å². The van der Waals surface area contributed by atoms with Crippen LogP contribution in [0.1, 0.15) is 54.8 Å². The van der Waals surface area contributed by atoms with E-state index < -0.39 is 0 Å². The lowest BCUT2D eigenvalue weighted by atomic mass is 10.2. The number of hydrogen-bond acceptors (Lipinski definition) is 5. The van der Waals surface area contributed by atoms with Crippen LogP contribution < -0.4 is 0 Å². The van der Waals surface area contributed by atoms with Gasteiger partial charge in [0.2, 0.25) is 0 Å². The van der Waals surface area contributed by atoms with E-state index in [4.69, 9.17) is 9.47 Å². The van der Waals surface area contributed by atoms with Crippen LogP contribution in [0.4, 0.5) is 0 Å². The minimum absolute atomic E-state index is 0.0706. The monoisotopic (exact) mass is 253 g/mol. The van der Waals surface area contributed by atoms with Crippen molar-refractivity contribution in [1.29, 1.82) is 0 Å². The molecule has 1 atom stereocenters. The van der Waals surface area contributed by atoms with E-state index >= 15 is 0 Å². The summed E-state index contributed by atoms with van der Waals surface area (Å²) in [5, 5.41) is 8.07. The van der Waals surface area contributed by atoms with Crippen molar-refractivity contribution in [1.82, 2.24) is 15.0 Å². The molecule has 0 radical (unpaired) electrons. The Balaban J connectivity index is 2.28. The molecule has 2 rings (SSSR count). The Morgan fingerprint density at radius 2 is 2.28 bits per heavy atom. The molecule has 18 heavy (non-hydrogen) atoms. The van der Waals surface area contributed by atoms with Gasteiger partial charge in [0.15, 0.2) is 5.69 Å². The molecule has 1 unspecified atom stereocenters. The maximum absolute atomic E-state index is 11.8. The summed E-state index contributed by atoms with van der Waals surface area (Å²) < 4.78 is 11.9. The molecule has 1 aromatic rings. The van der Waals surface area contributed by atoms with Crippen LogP contribution in [0.2, 0.25) is 0 Å². The van der Waals surface area contributed by atoms with Gasteiger partial charge in [0.1, 0.15) is 0 Å². The number of esters is 1. The van der Waals surface area contributed by atoms with Gasteiger partial charge < -0.3 is 9.47 Å². The Kier molecular flexibility index (Phi) is 3.96. The highest BCUT2D eigenvalue weighted by molar-refractivity contribution is 5.88. The molecule has 0 aromatic carbocycles. The van der Waals surface area contributed by atoms with Crippen molar-refractivity contribution in [3.63, 3.8) is 0 Å². The van der Waals surface area contributed by atoms with Crippen molar-refractivity contribution in [2.24, 2.45) is 0 Å². The summed E-state index contributed by atoms with van der Waals surface area (Å²) in [5.74, 6) is 0.00831. The molecular formula is C12H19N3O3. The minimum atomic E-state index is -0.379. The lowest BCUT2D eigenvalue weighted by molar-refractivity contribution is 0.0517. The molecule has 1 saturated carbocycles. The van der Waals surface area contributed by atoms with E-state index in [1.807, 2.05) is 6.92 Å². The molecule has 1 aliphatic rings. The molecule has 1 fully saturated rings. The number of aromatic nitrogens is 3. The molecular weight excluding hydrogens is 234 g/mol. The Hall–Kier alpha value is -1.43. The van der Waals surface area contributed by atoms with E-state index in [9.17, 15) is 4.79 Å². The van der Waals surface area contributed by atoms with Crippen molar-refractivity contribution in [2.75, 3.05) is 20.3 Å². The van der Waals surface area contributed by atoms with Crippen LogP contribution in [-0.4, -0.2) is 41.3 Å². The Morgan fingerprint density at radius 1 is 1.56 bits per heavy atom. The average Bonchev–Trinajstić information content (AvgIpc) is 3.08. The minimum Gasteiger partial charge on any atom is -0.461 e. The highest BCUT2D eigenvalue weighted by atomic mass is 16.5. The number of methoxy groups -OCH3 is 1. The van der Waals surface area contributed by atoms with Crippen molar-refractivity contribution >= 4 is 5.97 Å². The highest BCUT2D eigenvalue weighted by Gasteiger charge is 2.35. The summed E-state index contributed by atoms with van der Waals surface area (Å²) in [6.07, 6.45) is 2.17. The smallest absolute Gasteiger partial charge is 0.360 e. The maximum atomic E-state index is 11.8. The SMILES string of the molecule is CCOC(=O)c1nnn(C(C)COC)c1C1CC1. The van der Waals surface area contributed by atoms with Gasteiger partial charge in [0, 0.05) is 13.0 Å². The van der Waals surface area contributed by atoms with E-state index in [1.165, 1.54) is 0 Å². The van der Waals surface area contributed by atoms with Crippen molar-refractivity contribution < 1.29 is 14.3 Å². The average molecular weight is 253 g/mol. The quantitative estimate of drug-likeness (QED) is 0.719. The zero-order chi connectivity index (χ0) is 13.1. The normalized spacial score (nSPS) is 16.6. The molecule has 0 aliphatic heterocycles. The number of carbonyl (C=O) groups is 1. The first-order chi connectivity index (χ1) is 8.69. The fourth-order valence-electron chi connectivity index (χ4n) is 2.02. The van der Waals surface area contributed by atoms with Gasteiger partial charge in [-0.2, -0.15) is 0 Å². The van der Waals surface area contributed by atoms with E-state index in [0.29, 0.717) is 24.8 Å². The third kappa shape index (κ3) is 2.53. The molecule has 100 valence electrons. The number of nitrogens with zero attached hydrogens (tertiary/aromatic N) is 3. The molecule has 0 N–H and O–H groups in total. The molecule has 6 heteroatoms. The summed E-state index contributed by atoms with van der Waals surface area (Å²) in [6, 6.07) is 0.0706. The second-order valence-electron chi connectivity index (χ2n) is 4.57. The summed E-state index contributed by atoms with van der Waals surface area (Å²) in [6.45, 7) is 4.68. The van der Waals surface area contributed by atoms with E-state index in [0.717, 1.165) is 18.5 Å². The first-order valence-corrected chi connectivity index (χ1v) is 6.30. The zero-order valence-corrected chi connectivity index (χ0v) is 11.0. The molecule has 6 nitrogen and oxygen atoms in total. The molecule has 1 aliphatic carbocycles. The first-order valence-electron chi connectivity index (χ1n) is 6.30. The Morgan fingerprint density at radius 3 is 2.83 bits per heavy atom. The fourth-order valence-corrected chi connectivity index (χ4v) is 2.02. The van der Waals surface area contributed by atoms with Crippen LogP contribution in [0, 0.1) is 0 Å². The van der Waals surface area contributed by atoms with Crippen LogP contribution in [0.15, 0.2) is 0 Å². The predicted octanol–water partition coefficient (Wildman–Crippen LogP) is 1.54. The van der Waals surface area contributed by atoms with Crippen LogP contribution in [0.25, 0.3) is 0 Å². The number of ether oxygens (including phenoxy) is 2. The van der Waals surface area contributed by atoms with Crippen molar-refractivity contribution in [2.45, 2.75) is 38.6 Å². The van der Waals surface area contributed by atoms with E-state index in [2.05, 4.69) is 10.3 Å². The van der Waals surface area contributed by atoms with Gasteiger partial charge in [-0.1, -0.05) is 5.21 Å². The predicted molar refractivity (Wildman–Crippen MR) is 64.5 cm³/mol. The van der Waals surface area contributed by atoms with Crippen LogP contribution in [0.5, 0.6) is 0 Å². The molecule has 0 saturated heterocycles. The summed E-state index contributed by atoms with van der Waals surface area (Å²) >= 11 is 0. The highest BCUT2D eigenvalue weighted by Crippen LogP contribution is 2.42. The molecule has 0 amide bonds. The van der Waals surface area contributed by atoms with Gasteiger partial charge in [-0.25, -0.2) is 9.48 Å². The lowest BCUT2D eigenvalue weighted by Gasteiger charge is -2.13. The van der Waals surface area contributed by atoms with Crippen LogP contribution >= 0.6 is 0 Å². The fraction of sp³-hybridized carbons (Fsp3) is 0.750. The van der Waals surface area contributed by atoms with E-state index in [-0.39, 0.29) is 12.0 Å². The van der Waals surface area contributed by atoms with Crippen molar-refractivity contribution in [3.05, 3.63) is 11.4 Å². The van der Waals surface area contributed by atoms with Gasteiger partial charge in [0.05, 0.1) is 24.9 Å². The third-order valence-corrected chi connectivity index (χ3v) is 2.99. The first kappa shape index (κ1) is 13.0. The number of carbonyl (C=O) groups excluding carboxylic acids is 1. The Labute approximate surface area is 106 Å². The van der Waals surface area contributed by atoms with Crippen molar-refractivity contribution in [3.8, 4) is 0 Å². The summed E-state index contributed by atoms with van der Waals surface area (Å²) in [4.78, 5) is 11.8. The van der Waals surface area contributed by atoms with Crippen LogP contribution in [-0.2, 0) is 9.47 Å². The molecule has 1 heterocycles. The lowest BCUT2D eigenvalue weighted by Crippen LogP contribution is -2.16. The number of rotatable bonds is 6. The second-order valence-corrected chi connectivity index (χ2v) is 4.57.